The molecular weight excluding hydrogens is 538 g/mol. The number of nitrogens with zero attached hydrogens (tertiary/aromatic N) is 1. The van der Waals surface area contributed by atoms with Gasteiger partial charge in [-0.1, -0.05) is 81.6 Å². The van der Waals surface area contributed by atoms with Crippen molar-refractivity contribution in [3.05, 3.63) is 76.8 Å². The Kier molecular flexibility index (Phi) is 7.45. The number of anilines is 1. The highest BCUT2D eigenvalue weighted by Gasteiger charge is 2.72. The van der Waals surface area contributed by atoms with E-state index in [1.807, 2.05) is 48.6 Å². The van der Waals surface area contributed by atoms with E-state index in [0.29, 0.717) is 22.5 Å². The fourth-order valence-electron chi connectivity index (χ4n) is 7.19. The number of benzene rings is 2. The Balaban J connectivity index is 1.30. The first kappa shape index (κ1) is 28.0. The maximum Gasteiger partial charge on any atom is 0.246 e. The molecule has 1 spiro atoms. The molecule has 41 heavy (non-hydrogen) atoms. The van der Waals surface area contributed by atoms with Gasteiger partial charge >= 0.3 is 0 Å². The molecule has 2 aromatic carbocycles. The van der Waals surface area contributed by atoms with Gasteiger partial charge in [-0.05, 0) is 60.1 Å². The third-order valence-electron chi connectivity index (χ3n) is 9.48. The van der Waals surface area contributed by atoms with E-state index in [-0.39, 0.29) is 30.3 Å². The fraction of sp³-hybridized carbons (Fsp3) is 0.485. The number of carbonyl (C=O) groups is 3. The smallest absolute Gasteiger partial charge is 0.246 e. The molecular formula is C33H38ClN3O4. The summed E-state index contributed by atoms with van der Waals surface area (Å²) >= 11 is 6.11. The molecule has 0 unspecified atom stereocenters. The third kappa shape index (κ3) is 4.97. The van der Waals surface area contributed by atoms with Crippen LogP contribution in [0.15, 0.2) is 60.7 Å². The lowest BCUT2D eigenvalue weighted by molar-refractivity contribution is -0.142. The van der Waals surface area contributed by atoms with E-state index in [4.69, 9.17) is 16.3 Å². The zero-order valence-electron chi connectivity index (χ0n) is 23.8. The maximum absolute atomic E-state index is 14.2. The quantitative estimate of drug-likeness (QED) is 0.430. The molecule has 0 aromatic heterocycles. The first-order valence-electron chi connectivity index (χ1n) is 14.8. The molecule has 3 fully saturated rings. The second-order valence-corrected chi connectivity index (χ2v) is 12.9. The van der Waals surface area contributed by atoms with Gasteiger partial charge in [0.05, 0.1) is 17.9 Å². The summed E-state index contributed by atoms with van der Waals surface area (Å²) in [7, 11) is 0. The van der Waals surface area contributed by atoms with Gasteiger partial charge in [-0.15, -0.1) is 0 Å². The molecule has 4 aliphatic rings. The van der Waals surface area contributed by atoms with Crippen LogP contribution in [0.3, 0.4) is 0 Å². The van der Waals surface area contributed by atoms with Crippen LogP contribution >= 0.6 is 11.6 Å². The minimum atomic E-state index is -1.19. The lowest BCUT2D eigenvalue weighted by Gasteiger charge is -2.36. The minimum absolute atomic E-state index is 0.0506. The Morgan fingerprint density at radius 1 is 1.05 bits per heavy atom. The topological polar surface area (TPSA) is 87.7 Å². The number of rotatable bonds is 7. The van der Waals surface area contributed by atoms with E-state index in [0.717, 1.165) is 31.2 Å². The van der Waals surface area contributed by atoms with Crippen LogP contribution in [0.2, 0.25) is 5.02 Å². The number of carbonyl (C=O) groups excluding carboxylic acids is 3. The molecule has 7 nitrogen and oxygen atoms in total. The summed E-state index contributed by atoms with van der Waals surface area (Å²) in [4.78, 5) is 43.7. The van der Waals surface area contributed by atoms with Gasteiger partial charge in [0.2, 0.25) is 17.7 Å². The van der Waals surface area contributed by atoms with Crippen LogP contribution in [0, 0.1) is 17.8 Å². The standard InChI is InChI=1S/C33H38ClN3O4/c1-19(2)22-10-14-24(15-11-22)35-30(38)27-26-16-17-33(41-26)28(27)32(40)37(18-21-8-12-23(34)13-9-21)29(33)31(39)36-25-7-5-4-6-20(25)3/h8-17,19-20,25-29H,4-7,18H2,1-3H3,(H,35,38)(H,36,39)/t20-,25+,26+,27-,28+,29+,33+/m1/s1. The molecule has 0 radical (unpaired) electrons. The summed E-state index contributed by atoms with van der Waals surface area (Å²) in [6.07, 6.45) is 7.36. The van der Waals surface area contributed by atoms with Crippen molar-refractivity contribution >= 4 is 35.0 Å². The molecule has 3 aliphatic heterocycles. The molecule has 6 rings (SSSR count). The third-order valence-corrected chi connectivity index (χ3v) is 9.73. The molecule has 1 saturated carbocycles. The van der Waals surface area contributed by atoms with Crippen molar-refractivity contribution in [2.24, 2.45) is 17.8 Å². The van der Waals surface area contributed by atoms with E-state index in [1.54, 1.807) is 17.0 Å². The van der Waals surface area contributed by atoms with Gasteiger partial charge in [0.25, 0.3) is 0 Å². The van der Waals surface area contributed by atoms with Gasteiger partial charge in [-0.25, -0.2) is 0 Å². The van der Waals surface area contributed by atoms with Gasteiger partial charge in [-0.2, -0.15) is 0 Å². The predicted molar refractivity (Wildman–Crippen MR) is 158 cm³/mol. The van der Waals surface area contributed by atoms with Crippen LogP contribution in [0.5, 0.6) is 0 Å². The largest absolute Gasteiger partial charge is 0.359 e. The van der Waals surface area contributed by atoms with Crippen molar-refractivity contribution in [2.75, 3.05) is 5.32 Å². The molecule has 3 heterocycles. The van der Waals surface area contributed by atoms with Crippen LogP contribution < -0.4 is 10.6 Å². The molecule has 7 atom stereocenters. The number of hydrogen-bond donors (Lipinski definition) is 2. The highest BCUT2D eigenvalue weighted by atomic mass is 35.5. The van der Waals surface area contributed by atoms with E-state index in [9.17, 15) is 14.4 Å². The lowest BCUT2D eigenvalue weighted by Crippen LogP contribution is -2.57. The van der Waals surface area contributed by atoms with Gasteiger partial charge in [0, 0.05) is 23.3 Å². The highest BCUT2D eigenvalue weighted by Crippen LogP contribution is 2.55. The van der Waals surface area contributed by atoms with E-state index in [2.05, 4.69) is 31.4 Å². The predicted octanol–water partition coefficient (Wildman–Crippen LogP) is 5.45. The molecule has 2 saturated heterocycles. The Labute approximate surface area is 246 Å². The van der Waals surface area contributed by atoms with Gasteiger partial charge in [0.15, 0.2) is 0 Å². The highest BCUT2D eigenvalue weighted by molar-refractivity contribution is 6.30. The Bertz CT molecular complexity index is 1360. The average Bonchev–Trinajstić information content (AvgIpc) is 3.59. The minimum Gasteiger partial charge on any atom is -0.359 e. The first-order valence-corrected chi connectivity index (χ1v) is 15.2. The maximum atomic E-state index is 14.2. The summed E-state index contributed by atoms with van der Waals surface area (Å²) in [5, 5.41) is 6.89. The van der Waals surface area contributed by atoms with Crippen molar-refractivity contribution in [1.82, 2.24) is 10.2 Å². The van der Waals surface area contributed by atoms with E-state index >= 15 is 0 Å². The number of hydrogen-bond acceptors (Lipinski definition) is 4. The second-order valence-electron chi connectivity index (χ2n) is 12.4. The van der Waals surface area contributed by atoms with E-state index < -0.39 is 29.6 Å². The van der Waals surface area contributed by atoms with Crippen LogP contribution in [-0.4, -0.2) is 46.4 Å². The van der Waals surface area contributed by atoms with Crippen molar-refractivity contribution in [3.8, 4) is 0 Å². The summed E-state index contributed by atoms with van der Waals surface area (Å²) in [6.45, 7) is 6.63. The number of likely N-dealkylation sites (tertiary alicyclic amines) is 1. The zero-order valence-corrected chi connectivity index (χ0v) is 24.6. The number of fused-ring (bicyclic) bond motifs is 1. The Morgan fingerprint density at radius 2 is 1.76 bits per heavy atom. The molecule has 2 N–H and O–H groups in total. The SMILES string of the molecule is CC(C)c1ccc(NC(=O)[C@@H]2[C@@H]3C=C[C@]4(O3)[C@@H]2C(=O)N(Cc2ccc(Cl)cc2)[C@H]4C(=O)N[C@H]2CCCC[C@H]2C)cc1. The second kappa shape index (κ2) is 10.9. The molecule has 8 heteroatoms. The average molecular weight is 576 g/mol. The van der Waals surface area contributed by atoms with Crippen LogP contribution in [0.1, 0.15) is 63.5 Å². The normalized spacial score (nSPS) is 31.9. The van der Waals surface area contributed by atoms with E-state index in [1.165, 1.54) is 5.56 Å². The summed E-state index contributed by atoms with van der Waals surface area (Å²) in [5.74, 6) is -1.52. The molecule has 2 bridgehead atoms. The van der Waals surface area contributed by atoms with Crippen molar-refractivity contribution in [1.29, 1.82) is 0 Å². The van der Waals surface area contributed by atoms with Gasteiger partial charge in [-0.3, -0.25) is 14.4 Å². The number of halogens is 1. The molecule has 3 amide bonds. The van der Waals surface area contributed by atoms with Gasteiger partial charge in [0.1, 0.15) is 11.6 Å². The van der Waals surface area contributed by atoms with Crippen LogP contribution in [0.25, 0.3) is 0 Å². The van der Waals surface area contributed by atoms with Gasteiger partial charge < -0.3 is 20.3 Å². The monoisotopic (exact) mass is 575 g/mol. The lowest BCUT2D eigenvalue weighted by atomic mass is 9.74. The summed E-state index contributed by atoms with van der Waals surface area (Å²) in [6, 6.07) is 14.2. The fourth-order valence-corrected chi connectivity index (χ4v) is 7.32. The molecule has 2 aromatic rings. The number of nitrogens with one attached hydrogen (secondary N) is 2. The summed E-state index contributed by atoms with van der Waals surface area (Å²) in [5.41, 5.74) is 1.51. The van der Waals surface area contributed by atoms with Crippen molar-refractivity contribution < 1.29 is 19.1 Å². The number of ether oxygens (including phenoxy) is 1. The van der Waals surface area contributed by atoms with Crippen molar-refractivity contribution in [3.63, 3.8) is 0 Å². The summed E-state index contributed by atoms with van der Waals surface area (Å²) < 4.78 is 6.50. The molecule has 216 valence electrons. The number of amides is 3. The molecule has 1 aliphatic carbocycles. The first-order chi connectivity index (χ1) is 19.7. The van der Waals surface area contributed by atoms with Crippen molar-refractivity contribution in [2.45, 2.75) is 82.7 Å². The Morgan fingerprint density at radius 3 is 2.44 bits per heavy atom. The Hall–Kier alpha value is -3.16. The van der Waals surface area contributed by atoms with Crippen LogP contribution in [0.4, 0.5) is 5.69 Å². The zero-order chi connectivity index (χ0) is 28.9. The van der Waals surface area contributed by atoms with Crippen LogP contribution in [-0.2, 0) is 25.7 Å².